The smallest absolute Gasteiger partial charge is 0.254 e. The van der Waals surface area contributed by atoms with E-state index in [1.807, 2.05) is 0 Å². The number of aliphatic hydroxyl groups is 1. The predicted octanol–water partition coefficient (Wildman–Crippen LogP) is 2.08. The van der Waals surface area contributed by atoms with Crippen LogP contribution in [0, 0.1) is 5.82 Å². The molecular formula is C12H13ClFNO2. The SMILES string of the molecule is O=C(c1ccc(F)c(Cl)c1)N1CCCC1CO. The molecular weight excluding hydrogens is 245 g/mol. The lowest BCUT2D eigenvalue weighted by molar-refractivity contribution is 0.0677. The van der Waals surface area contributed by atoms with Gasteiger partial charge in [0, 0.05) is 12.1 Å². The molecule has 0 bridgehead atoms. The number of amides is 1. The number of aliphatic hydroxyl groups excluding tert-OH is 1. The fourth-order valence-electron chi connectivity index (χ4n) is 2.09. The molecule has 1 aliphatic heterocycles. The van der Waals surface area contributed by atoms with Crippen LogP contribution in [0.15, 0.2) is 18.2 Å². The summed E-state index contributed by atoms with van der Waals surface area (Å²) in [5.74, 6) is -0.744. The van der Waals surface area contributed by atoms with E-state index in [4.69, 9.17) is 16.7 Å². The summed E-state index contributed by atoms with van der Waals surface area (Å²) >= 11 is 5.64. The van der Waals surface area contributed by atoms with Crippen molar-refractivity contribution in [2.24, 2.45) is 0 Å². The summed E-state index contributed by atoms with van der Waals surface area (Å²) in [7, 11) is 0. The van der Waals surface area contributed by atoms with Crippen molar-refractivity contribution in [2.45, 2.75) is 18.9 Å². The van der Waals surface area contributed by atoms with E-state index in [0.717, 1.165) is 12.8 Å². The summed E-state index contributed by atoms with van der Waals surface area (Å²) in [6, 6.07) is 3.79. The number of carbonyl (C=O) groups excluding carboxylic acids is 1. The van der Waals surface area contributed by atoms with Gasteiger partial charge >= 0.3 is 0 Å². The molecule has 1 unspecified atom stereocenters. The minimum Gasteiger partial charge on any atom is -0.394 e. The van der Waals surface area contributed by atoms with E-state index >= 15 is 0 Å². The highest BCUT2D eigenvalue weighted by Gasteiger charge is 2.28. The van der Waals surface area contributed by atoms with Gasteiger partial charge in [0.1, 0.15) is 5.82 Å². The molecule has 92 valence electrons. The number of benzene rings is 1. The average Bonchev–Trinajstić information content (AvgIpc) is 2.80. The molecule has 1 amide bonds. The second-order valence-electron chi connectivity index (χ2n) is 4.11. The Morgan fingerprint density at radius 3 is 3.00 bits per heavy atom. The maximum Gasteiger partial charge on any atom is 0.254 e. The molecule has 1 aliphatic rings. The molecule has 0 radical (unpaired) electrons. The van der Waals surface area contributed by atoms with Gasteiger partial charge in [-0.2, -0.15) is 0 Å². The Kier molecular flexibility index (Phi) is 3.64. The van der Waals surface area contributed by atoms with Gasteiger partial charge in [-0.1, -0.05) is 11.6 Å². The van der Waals surface area contributed by atoms with Gasteiger partial charge in [0.15, 0.2) is 0 Å². The molecule has 5 heteroatoms. The van der Waals surface area contributed by atoms with Gasteiger partial charge in [0.05, 0.1) is 17.7 Å². The Labute approximate surface area is 104 Å². The van der Waals surface area contributed by atoms with E-state index in [0.29, 0.717) is 12.1 Å². The minimum absolute atomic E-state index is 0.0410. The van der Waals surface area contributed by atoms with Crippen molar-refractivity contribution >= 4 is 17.5 Å². The number of nitrogens with zero attached hydrogens (tertiary/aromatic N) is 1. The summed E-state index contributed by atoms with van der Waals surface area (Å²) in [4.78, 5) is 13.7. The minimum atomic E-state index is -0.539. The molecule has 0 aromatic heterocycles. The van der Waals surface area contributed by atoms with Crippen molar-refractivity contribution in [1.29, 1.82) is 0 Å². The Bertz CT molecular complexity index is 439. The van der Waals surface area contributed by atoms with E-state index in [1.54, 1.807) is 4.90 Å². The van der Waals surface area contributed by atoms with E-state index in [-0.39, 0.29) is 23.6 Å². The topological polar surface area (TPSA) is 40.5 Å². The highest BCUT2D eigenvalue weighted by molar-refractivity contribution is 6.31. The van der Waals surface area contributed by atoms with Crippen molar-refractivity contribution < 1.29 is 14.3 Å². The van der Waals surface area contributed by atoms with Crippen molar-refractivity contribution in [3.05, 3.63) is 34.6 Å². The van der Waals surface area contributed by atoms with E-state index in [9.17, 15) is 9.18 Å². The normalized spacial score (nSPS) is 19.7. The summed E-state index contributed by atoms with van der Waals surface area (Å²) in [6.07, 6.45) is 1.68. The molecule has 0 spiro atoms. The lowest BCUT2D eigenvalue weighted by atomic mass is 10.1. The lowest BCUT2D eigenvalue weighted by Gasteiger charge is -2.23. The molecule has 3 nitrogen and oxygen atoms in total. The third-order valence-electron chi connectivity index (χ3n) is 3.02. The highest BCUT2D eigenvalue weighted by Crippen LogP contribution is 2.22. The van der Waals surface area contributed by atoms with Crippen molar-refractivity contribution in [3.63, 3.8) is 0 Å². The van der Waals surface area contributed by atoms with Crippen LogP contribution >= 0.6 is 11.6 Å². The molecule has 0 aliphatic carbocycles. The summed E-state index contributed by atoms with van der Waals surface area (Å²) < 4.78 is 13.0. The van der Waals surface area contributed by atoms with Gasteiger partial charge in [-0.3, -0.25) is 4.79 Å². The zero-order chi connectivity index (χ0) is 12.4. The van der Waals surface area contributed by atoms with Crippen LogP contribution in [0.1, 0.15) is 23.2 Å². The zero-order valence-electron chi connectivity index (χ0n) is 9.20. The zero-order valence-corrected chi connectivity index (χ0v) is 9.95. The summed E-state index contributed by atoms with van der Waals surface area (Å²) in [5, 5.41) is 9.09. The molecule has 2 rings (SSSR count). The number of likely N-dealkylation sites (tertiary alicyclic amines) is 1. The maximum atomic E-state index is 13.0. The van der Waals surface area contributed by atoms with Gasteiger partial charge < -0.3 is 10.0 Å². The molecule has 0 saturated carbocycles. The first-order valence-corrected chi connectivity index (χ1v) is 5.88. The van der Waals surface area contributed by atoms with Crippen LogP contribution in [0.2, 0.25) is 5.02 Å². The molecule has 1 atom stereocenters. The third kappa shape index (κ3) is 2.42. The Morgan fingerprint density at radius 1 is 1.59 bits per heavy atom. The molecule has 1 N–H and O–H groups in total. The van der Waals surface area contributed by atoms with Crippen LogP contribution in [-0.4, -0.2) is 35.1 Å². The van der Waals surface area contributed by atoms with Gasteiger partial charge in [-0.05, 0) is 31.0 Å². The first-order valence-electron chi connectivity index (χ1n) is 5.50. The quantitative estimate of drug-likeness (QED) is 0.881. The lowest BCUT2D eigenvalue weighted by Crippen LogP contribution is -2.37. The second kappa shape index (κ2) is 5.02. The number of hydrogen-bond acceptors (Lipinski definition) is 2. The molecule has 1 aromatic rings. The Morgan fingerprint density at radius 2 is 2.35 bits per heavy atom. The van der Waals surface area contributed by atoms with Crippen molar-refractivity contribution in [1.82, 2.24) is 4.90 Å². The van der Waals surface area contributed by atoms with E-state index in [2.05, 4.69) is 0 Å². The molecule has 1 fully saturated rings. The molecule has 17 heavy (non-hydrogen) atoms. The number of halogens is 2. The summed E-state index contributed by atoms with van der Waals surface area (Å²) in [6.45, 7) is 0.583. The second-order valence-corrected chi connectivity index (χ2v) is 4.51. The van der Waals surface area contributed by atoms with Gasteiger partial charge in [-0.25, -0.2) is 4.39 Å². The van der Waals surface area contributed by atoms with E-state index in [1.165, 1.54) is 18.2 Å². The standard InChI is InChI=1S/C12H13ClFNO2/c13-10-6-8(3-4-11(10)14)12(17)15-5-1-2-9(15)7-16/h3-4,6,9,16H,1-2,5,7H2. The predicted molar refractivity (Wildman–Crippen MR) is 62.6 cm³/mol. The monoisotopic (exact) mass is 257 g/mol. The van der Waals surface area contributed by atoms with Crippen LogP contribution in [0.4, 0.5) is 4.39 Å². The van der Waals surface area contributed by atoms with Crippen LogP contribution in [-0.2, 0) is 0 Å². The van der Waals surface area contributed by atoms with Gasteiger partial charge in [-0.15, -0.1) is 0 Å². The fourth-order valence-corrected chi connectivity index (χ4v) is 2.27. The van der Waals surface area contributed by atoms with Crippen LogP contribution in [0.25, 0.3) is 0 Å². The third-order valence-corrected chi connectivity index (χ3v) is 3.30. The number of carbonyl (C=O) groups is 1. The van der Waals surface area contributed by atoms with Crippen LogP contribution < -0.4 is 0 Å². The summed E-state index contributed by atoms with van der Waals surface area (Å²) in [5.41, 5.74) is 0.358. The van der Waals surface area contributed by atoms with Crippen LogP contribution in [0.5, 0.6) is 0 Å². The van der Waals surface area contributed by atoms with Crippen molar-refractivity contribution in [2.75, 3.05) is 13.2 Å². The first kappa shape index (κ1) is 12.3. The highest BCUT2D eigenvalue weighted by atomic mass is 35.5. The number of hydrogen-bond donors (Lipinski definition) is 1. The first-order chi connectivity index (χ1) is 8.13. The van der Waals surface area contributed by atoms with E-state index < -0.39 is 5.82 Å². The number of rotatable bonds is 2. The molecule has 1 aromatic carbocycles. The molecule has 1 heterocycles. The largest absolute Gasteiger partial charge is 0.394 e. The molecule has 1 saturated heterocycles. The van der Waals surface area contributed by atoms with Crippen molar-refractivity contribution in [3.8, 4) is 0 Å². The average molecular weight is 258 g/mol. The maximum absolute atomic E-state index is 13.0. The van der Waals surface area contributed by atoms with Gasteiger partial charge in [0.2, 0.25) is 0 Å². The van der Waals surface area contributed by atoms with Gasteiger partial charge in [0.25, 0.3) is 5.91 Å². The van der Waals surface area contributed by atoms with Crippen LogP contribution in [0.3, 0.4) is 0 Å². The Balaban J connectivity index is 2.21. The fraction of sp³-hybridized carbons (Fsp3) is 0.417. The Hall–Kier alpha value is -1.13.